The van der Waals surface area contributed by atoms with Crippen LogP contribution in [0.3, 0.4) is 0 Å². The van der Waals surface area contributed by atoms with E-state index < -0.39 is 0 Å². The number of phenolic OH excluding ortho intramolecular Hbond substituents is 1. The molecule has 1 N–H and O–H groups in total. The molecule has 0 fully saturated rings. The van der Waals surface area contributed by atoms with E-state index in [1.54, 1.807) is 13.2 Å². The molecule has 0 aliphatic heterocycles. The number of benzene rings is 1. The molecule has 0 saturated heterocycles. The predicted molar refractivity (Wildman–Crippen MR) is 50.2 cm³/mol. The second kappa shape index (κ2) is 5.10. The lowest BCUT2D eigenvalue weighted by Gasteiger charge is -2.05. The maximum Gasteiger partial charge on any atom is 0.137 e. The molecular weight excluding hydrogens is 182 g/mol. The molecule has 0 aromatic heterocycles. The lowest BCUT2D eigenvalue weighted by Crippen LogP contribution is -2.04. The molecule has 0 saturated carbocycles. The lowest BCUT2D eigenvalue weighted by molar-refractivity contribution is 0.146. The third-order valence-corrected chi connectivity index (χ3v) is 1.65. The van der Waals surface area contributed by atoms with E-state index in [4.69, 9.17) is 14.7 Å². The van der Waals surface area contributed by atoms with Gasteiger partial charge in [0.05, 0.1) is 12.2 Å². The molecule has 1 rings (SSSR count). The first-order valence-electron chi connectivity index (χ1n) is 4.12. The molecule has 4 nitrogen and oxygen atoms in total. The number of nitriles is 1. The van der Waals surface area contributed by atoms with Crippen molar-refractivity contribution in [2.45, 2.75) is 0 Å². The molecule has 1 aromatic carbocycles. The van der Waals surface area contributed by atoms with Crippen LogP contribution in [0.4, 0.5) is 0 Å². The second-order valence-electron chi connectivity index (χ2n) is 2.63. The third kappa shape index (κ3) is 2.64. The van der Waals surface area contributed by atoms with Gasteiger partial charge in [-0.1, -0.05) is 0 Å². The summed E-state index contributed by atoms with van der Waals surface area (Å²) in [6.07, 6.45) is 0. The Hall–Kier alpha value is -1.73. The Balaban J connectivity index is 2.63. The van der Waals surface area contributed by atoms with E-state index in [9.17, 15) is 5.11 Å². The van der Waals surface area contributed by atoms with Gasteiger partial charge in [0.15, 0.2) is 0 Å². The van der Waals surface area contributed by atoms with Crippen molar-refractivity contribution >= 4 is 0 Å². The first-order chi connectivity index (χ1) is 6.77. The molecule has 74 valence electrons. The van der Waals surface area contributed by atoms with Gasteiger partial charge in [-0.05, 0) is 12.1 Å². The molecular formula is C10H11NO3. The van der Waals surface area contributed by atoms with Gasteiger partial charge in [-0.15, -0.1) is 0 Å². The van der Waals surface area contributed by atoms with E-state index in [1.165, 1.54) is 12.1 Å². The number of methoxy groups -OCH3 is 1. The van der Waals surface area contributed by atoms with Gasteiger partial charge in [-0.2, -0.15) is 5.26 Å². The van der Waals surface area contributed by atoms with Crippen molar-refractivity contribution < 1.29 is 14.6 Å². The van der Waals surface area contributed by atoms with E-state index in [-0.39, 0.29) is 11.3 Å². The maximum atomic E-state index is 9.31. The van der Waals surface area contributed by atoms with Crippen molar-refractivity contribution in [3.63, 3.8) is 0 Å². The molecule has 0 spiro atoms. The van der Waals surface area contributed by atoms with Gasteiger partial charge in [-0.3, -0.25) is 0 Å². The summed E-state index contributed by atoms with van der Waals surface area (Å²) < 4.78 is 10.0. The van der Waals surface area contributed by atoms with Crippen LogP contribution in [0.5, 0.6) is 11.5 Å². The summed E-state index contributed by atoms with van der Waals surface area (Å²) in [6.45, 7) is 0.905. The SMILES string of the molecule is COCCOc1ccc(C#N)c(O)c1. The minimum atomic E-state index is -0.0672. The summed E-state index contributed by atoms with van der Waals surface area (Å²) in [7, 11) is 1.58. The van der Waals surface area contributed by atoms with Crippen molar-refractivity contribution in [3.05, 3.63) is 23.8 Å². The van der Waals surface area contributed by atoms with Crippen molar-refractivity contribution in [3.8, 4) is 17.6 Å². The Morgan fingerprint density at radius 3 is 2.79 bits per heavy atom. The van der Waals surface area contributed by atoms with Gasteiger partial charge in [0.1, 0.15) is 24.2 Å². The number of ether oxygens (including phenoxy) is 2. The van der Waals surface area contributed by atoms with E-state index in [1.807, 2.05) is 6.07 Å². The van der Waals surface area contributed by atoms with Crippen molar-refractivity contribution in [1.82, 2.24) is 0 Å². The number of aromatic hydroxyl groups is 1. The highest BCUT2D eigenvalue weighted by Gasteiger charge is 2.01. The van der Waals surface area contributed by atoms with Crippen LogP contribution >= 0.6 is 0 Å². The van der Waals surface area contributed by atoms with Crippen LogP contribution in [0.15, 0.2) is 18.2 Å². The fourth-order valence-electron chi connectivity index (χ4n) is 0.939. The largest absolute Gasteiger partial charge is 0.506 e. The summed E-state index contributed by atoms with van der Waals surface area (Å²) in [6, 6.07) is 6.41. The molecule has 14 heavy (non-hydrogen) atoms. The molecule has 0 heterocycles. The lowest BCUT2D eigenvalue weighted by atomic mass is 10.2. The molecule has 1 aromatic rings. The average Bonchev–Trinajstić information content (AvgIpc) is 2.18. The summed E-state index contributed by atoms with van der Waals surface area (Å²) in [4.78, 5) is 0. The first kappa shape index (κ1) is 10.4. The van der Waals surface area contributed by atoms with E-state index >= 15 is 0 Å². The highest BCUT2D eigenvalue weighted by atomic mass is 16.5. The van der Waals surface area contributed by atoms with Crippen LogP contribution in [-0.4, -0.2) is 25.4 Å². The van der Waals surface area contributed by atoms with E-state index in [2.05, 4.69) is 0 Å². The summed E-state index contributed by atoms with van der Waals surface area (Å²) in [5.41, 5.74) is 0.240. The molecule has 0 radical (unpaired) electrons. The number of rotatable bonds is 4. The highest BCUT2D eigenvalue weighted by molar-refractivity contribution is 5.46. The Kier molecular flexibility index (Phi) is 3.77. The van der Waals surface area contributed by atoms with Crippen LogP contribution in [0.2, 0.25) is 0 Å². The zero-order chi connectivity index (χ0) is 10.4. The van der Waals surface area contributed by atoms with Gasteiger partial charge >= 0.3 is 0 Å². The standard InChI is InChI=1S/C10H11NO3/c1-13-4-5-14-9-3-2-8(7-11)10(12)6-9/h2-3,6,12H,4-5H2,1H3. The van der Waals surface area contributed by atoms with Crippen LogP contribution in [0.1, 0.15) is 5.56 Å². The zero-order valence-corrected chi connectivity index (χ0v) is 7.86. The Morgan fingerprint density at radius 2 is 2.21 bits per heavy atom. The number of nitrogens with zero attached hydrogens (tertiary/aromatic N) is 1. The quantitative estimate of drug-likeness (QED) is 0.732. The summed E-state index contributed by atoms with van der Waals surface area (Å²) in [5.74, 6) is 0.459. The molecule has 0 aliphatic rings. The fourth-order valence-corrected chi connectivity index (χ4v) is 0.939. The van der Waals surface area contributed by atoms with Gasteiger partial charge in [-0.25, -0.2) is 0 Å². The maximum absolute atomic E-state index is 9.31. The van der Waals surface area contributed by atoms with Gasteiger partial charge in [0, 0.05) is 13.2 Å². The van der Waals surface area contributed by atoms with E-state index in [0.29, 0.717) is 19.0 Å². The van der Waals surface area contributed by atoms with Crippen LogP contribution in [0.25, 0.3) is 0 Å². The fraction of sp³-hybridized carbons (Fsp3) is 0.300. The zero-order valence-electron chi connectivity index (χ0n) is 7.86. The van der Waals surface area contributed by atoms with Crippen LogP contribution in [-0.2, 0) is 4.74 Å². The summed E-state index contributed by atoms with van der Waals surface area (Å²) in [5, 5.41) is 17.9. The average molecular weight is 193 g/mol. The monoisotopic (exact) mass is 193 g/mol. The smallest absolute Gasteiger partial charge is 0.137 e. The Labute approximate surface area is 82.3 Å². The van der Waals surface area contributed by atoms with Crippen molar-refractivity contribution in [2.24, 2.45) is 0 Å². The molecule has 0 amide bonds. The Morgan fingerprint density at radius 1 is 1.43 bits per heavy atom. The number of hydrogen-bond donors (Lipinski definition) is 1. The van der Waals surface area contributed by atoms with Crippen molar-refractivity contribution in [2.75, 3.05) is 20.3 Å². The highest BCUT2D eigenvalue weighted by Crippen LogP contribution is 2.22. The van der Waals surface area contributed by atoms with Gasteiger partial charge in [0.25, 0.3) is 0 Å². The number of hydrogen-bond acceptors (Lipinski definition) is 4. The molecule has 0 bridgehead atoms. The Bertz CT molecular complexity index is 344. The minimum absolute atomic E-state index is 0.0672. The van der Waals surface area contributed by atoms with Gasteiger partial charge in [0.2, 0.25) is 0 Å². The van der Waals surface area contributed by atoms with E-state index in [0.717, 1.165) is 0 Å². The van der Waals surface area contributed by atoms with Gasteiger partial charge < -0.3 is 14.6 Å². The topological polar surface area (TPSA) is 62.5 Å². The minimum Gasteiger partial charge on any atom is -0.506 e. The molecule has 0 atom stereocenters. The third-order valence-electron chi connectivity index (χ3n) is 1.65. The normalized spacial score (nSPS) is 9.43. The molecule has 0 unspecified atom stereocenters. The van der Waals surface area contributed by atoms with Crippen LogP contribution < -0.4 is 4.74 Å². The summed E-state index contributed by atoms with van der Waals surface area (Å²) >= 11 is 0. The number of phenols is 1. The van der Waals surface area contributed by atoms with Crippen molar-refractivity contribution in [1.29, 1.82) is 5.26 Å². The second-order valence-corrected chi connectivity index (χ2v) is 2.63. The first-order valence-corrected chi connectivity index (χ1v) is 4.12. The predicted octanol–water partition coefficient (Wildman–Crippen LogP) is 1.29. The van der Waals surface area contributed by atoms with Crippen LogP contribution in [0, 0.1) is 11.3 Å². The molecule has 0 aliphatic carbocycles. The molecule has 4 heteroatoms.